The Labute approximate surface area is 234 Å². The minimum Gasteiger partial charge on any atom is -0.464 e. The summed E-state index contributed by atoms with van der Waals surface area (Å²) in [7, 11) is 1.25. The molecule has 2 amide bonds. The summed E-state index contributed by atoms with van der Waals surface area (Å²) in [6, 6.07) is 19.6. The molecule has 2 heterocycles. The molecular weight excluding hydrogens is 512 g/mol. The molecule has 0 saturated carbocycles. The van der Waals surface area contributed by atoms with Crippen LogP contribution in [0.1, 0.15) is 48.4 Å². The van der Waals surface area contributed by atoms with Gasteiger partial charge < -0.3 is 19.7 Å². The van der Waals surface area contributed by atoms with Crippen LogP contribution in [0.2, 0.25) is 0 Å². The van der Waals surface area contributed by atoms with E-state index in [2.05, 4.69) is 44.8 Å². The molecular formula is C29H36N6O5. The average Bonchev–Trinajstić information content (AvgIpc) is 3.41. The van der Waals surface area contributed by atoms with Crippen LogP contribution >= 0.6 is 0 Å². The van der Waals surface area contributed by atoms with E-state index in [-0.39, 0.29) is 24.2 Å². The molecule has 1 aliphatic rings. The normalized spacial score (nSPS) is 15.0. The third-order valence-electron chi connectivity index (χ3n) is 6.58. The Bertz CT molecular complexity index is 1240. The van der Waals surface area contributed by atoms with Gasteiger partial charge in [0.1, 0.15) is 11.6 Å². The Kier molecular flexibility index (Phi) is 9.15. The van der Waals surface area contributed by atoms with Crippen LogP contribution in [0.25, 0.3) is 0 Å². The smallest absolute Gasteiger partial charge is 0.408 e. The second-order valence-electron chi connectivity index (χ2n) is 10.6. The van der Waals surface area contributed by atoms with Gasteiger partial charge in [0, 0.05) is 26.2 Å². The van der Waals surface area contributed by atoms with E-state index in [1.807, 2.05) is 36.4 Å². The number of methoxy groups -OCH3 is 1. The fourth-order valence-electron chi connectivity index (χ4n) is 4.77. The van der Waals surface area contributed by atoms with Crippen LogP contribution in [-0.2, 0) is 20.8 Å². The quantitative estimate of drug-likeness (QED) is 0.427. The number of amides is 2. The van der Waals surface area contributed by atoms with Gasteiger partial charge >= 0.3 is 12.1 Å². The summed E-state index contributed by atoms with van der Waals surface area (Å²) in [5.74, 6) is -0.942. The molecule has 1 fully saturated rings. The van der Waals surface area contributed by atoms with E-state index in [9.17, 15) is 14.4 Å². The zero-order valence-electron chi connectivity index (χ0n) is 23.3. The predicted octanol–water partition coefficient (Wildman–Crippen LogP) is 2.89. The lowest BCUT2D eigenvalue weighted by Crippen LogP contribution is -2.57. The summed E-state index contributed by atoms with van der Waals surface area (Å²) in [5.41, 5.74) is 1.68. The molecule has 0 bridgehead atoms. The summed E-state index contributed by atoms with van der Waals surface area (Å²) in [5, 5.41) is 10.4. The average molecular weight is 549 g/mol. The number of nitrogens with zero attached hydrogens (tertiary/aromatic N) is 5. The standard InChI is InChI=1S/C29H36N6O5/c1-29(2,3)40-28(38)31-23(20-35-24(19-30-32-35)27(37)39-4)26(36)34-17-15-33(16-18-34)25(21-11-7-5-8-12-21)22-13-9-6-10-14-22/h5-14,19,23,25H,15-18,20H2,1-4H3,(H,31,38)/t23-/m0/s1. The third-order valence-corrected chi connectivity index (χ3v) is 6.58. The molecule has 1 N–H and O–H groups in total. The van der Waals surface area contributed by atoms with Crippen LogP contribution in [-0.4, -0.2) is 87.7 Å². The number of nitrogens with one attached hydrogen (secondary N) is 1. The maximum atomic E-state index is 13.8. The van der Waals surface area contributed by atoms with Crippen molar-refractivity contribution in [3.8, 4) is 0 Å². The molecule has 3 aromatic rings. The fourth-order valence-corrected chi connectivity index (χ4v) is 4.77. The second kappa shape index (κ2) is 12.7. The van der Waals surface area contributed by atoms with Crippen LogP contribution in [0.15, 0.2) is 66.9 Å². The van der Waals surface area contributed by atoms with E-state index in [1.165, 1.54) is 29.1 Å². The Morgan fingerprint density at radius 2 is 1.50 bits per heavy atom. The van der Waals surface area contributed by atoms with Gasteiger partial charge in [-0.15, -0.1) is 5.10 Å². The molecule has 2 aromatic carbocycles. The minimum absolute atomic E-state index is 0.0492. The molecule has 1 atom stereocenters. The molecule has 11 heteroatoms. The van der Waals surface area contributed by atoms with Crippen molar-refractivity contribution in [3.63, 3.8) is 0 Å². The van der Waals surface area contributed by atoms with Crippen molar-refractivity contribution in [1.29, 1.82) is 0 Å². The minimum atomic E-state index is -1.04. The van der Waals surface area contributed by atoms with Crippen LogP contribution in [0.3, 0.4) is 0 Å². The summed E-state index contributed by atoms with van der Waals surface area (Å²) < 4.78 is 11.5. The highest BCUT2D eigenvalue weighted by atomic mass is 16.6. The lowest BCUT2D eigenvalue weighted by atomic mass is 9.96. The van der Waals surface area contributed by atoms with Crippen LogP contribution in [0, 0.1) is 0 Å². The van der Waals surface area contributed by atoms with Crippen molar-refractivity contribution in [3.05, 3.63) is 83.7 Å². The second-order valence-corrected chi connectivity index (χ2v) is 10.6. The van der Waals surface area contributed by atoms with Gasteiger partial charge in [-0.3, -0.25) is 9.69 Å². The maximum absolute atomic E-state index is 13.8. The Morgan fingerprint density at radius 1 is 0.925 bits per heavy atom. The Hall–Kier alpha value is -4.25. The summed E-state index contributed by atoms with van der Waals surface area (Å²) in [4.78, 5) is 42.7. The number of carbonyl (C=O) groups excluding carboxylic acids is 3. The van der Waals surface area contributed by atoms with Gasteiger partial charge in [0.05, 0.1) is 25.9 Å². The number of alkyl carbamates (subject to hydrolysis) is 1. The molecule has 40 heavy (non-hydrogen) atoms. The maximum Gasteiger partial charge on any atom is 0.408 e. The van der Waals surface area contributed by atoms with Crippen molar-refractivity contribution in [2.45, 2.75) is 45.0 Å². The monoisotopic (exact) mass is 548 g/mol. The van der Waals surface area contributed by atoms with Crippen LogP contribution < -0.4 is 5.32 Å². The number of carbonyl (C=O) groups is 3. The van der Waals surface area contributed by atoms with Crippen LogP contribution in [0.4, 0.5) is 4.79 Å². The van der Waals surface area contributed by atoms with Gasteiger partial charge in [-0.1, -0.05) is 65.9 Å². The number of esters is 1. The number of piperazine rings is 1. The van der Waals surface area contributed by atoms with Gasteiger partial charge in [-0.25, -0.2) is 14.3 Å². The highest BCUT2D eigenvalue weighted by Gasteiger charge is 2.34. The first kappa shape index (κ1) is 28.8. The van der Waals surface area contributed by atoms with Gasteiger partial charge in [0.25, 0.3) is 0 Å². The molecule has 0 aliphatic carbocycles. The van der Waals surface area contributed by atoms with Crippen molar-refractivity contribution >= 4 is 18.0 Å². The number of hydrogen-bond acceptors (Lipinski definition) is 8. The molecule has 0 unspecified atom stereocenters. The first-order chi connectivity index (χ1) is 19.2. The van der Waals surface area contributed by atoms with Crippen LogP contribution in [0.5, 0.6) is 0 Å². The molecule has 0 radical (unpaired) electrons. The summed E-state index contributed by atoms with van der Waals surface area (Å²) in [6.45, 7) is 7.30. The highest BCUT2D eigenvalue weighted by molar-refractivity contribution is 5.88. The van der Waals surface area contributed by atoms with Crippen molar-refractivity contribution in [2.24, 2.45) is 0 Å². The Morgan fingerprint density at radius 3 is 2.02 bits per heavy atom. The highest BCUT2D eigenvalue weighted by Crippen LogP contribution is 2.29. The van der Waals surface area contributed by atoms with E-state index >= 15 is 0 Å². The fraction of sp³-hybridized carbons (Fsp3) is 0.414. The van der Waals surface area contributed by atoms with Gasteiger partial charge in [-0.2, -0.15) is 0 Å². The zero-order chi connectivity index (χ0) is 28.7. The number of rotatable bonds is 8. The van der Waals surface area contributed by atoms with Gasteiger partial charge in [0.2, 0.25) is 5.91 Å². The van der Waals surface area contributed by atoms with Crippen molar-refractivity contribution in [1.82, 2.24) is 30.1 Å². The first-order valence-corrected chi connectivity index (χ1v) is 13.3. The predicted molar refractivity (Wildman–Crippen MR) is 147 cm³/mol. The topological polar surface area (TPSA) is 119 Å². The third kappa shape index (κ3) is 7.23. The number of benzene rings is 2. The zero-order valence-corrected chi connectivity index (χ0v) is 23.3. The molecule has 1 aromatic heterocycles. The molecule has 4 rings (SSSR count). The van der Waals surface area contributed by atoms with Crippen molar-refractivity contribution < 1.29 is 23.9 Å². The Balaban J connectivity index is 1.51. The van der Waals surface area contributed by atoms with E-state index in [1.54, 1.807) is 25.7 Å². The first-order valence-electron chi connectivity index (χ1n) is 13.3. The largest absolute Gasteiger partial charge is 0.464 e. The lowest BCUT2D eigenvalue weighted by Gasteiger charge is -2.40. The molecule has 11 nitrogen and oxygen atoms in total. The van der Waals surface area contributed by atoms with Crippen molar-refractivity contribution in [2.75, 3.05) is 33.3 Å². The number of ether oxygens (including phenoxy) is 2. The number of aromatic nitrogens is 3. The van der Waals surface area contributed by atoms with E-state index in [0.29, 0.717) is 26.2 Å². The van der Waals surface area contributed by atoms with E-state index in [4.69, 9.17) is 9.47 Å². The van der Waals surface area contributed by atoms with E-state index < -0.39 is 23.7 Å². The molecule has 212 valence electrons. The van der Waals surface area contributed by atoms with E-state index in [0.717, 1.165) is 0 Å². The summed E-state index contributed by atoms with van der Waals surface area (Å²) in [6.07, 6.45) is 0.518. The molecule has 1 saturated heterocycles. The lowest BCUT2D eigenvalue weighted by molar-refractivity contribution is -0.136. The number of hydrogen-bond donors (Lipinski definition) is 1. The summed E-state index contributed by atoms with van der Waals surface area (Å²) >= 11 is 0. The molecule has 0 spiro atoms. The SMILES string of the molecule is COC(=O)c1cnnn1C[C@H](NC(=O)OC(C)(C)C)C(=O)N1CCN(C(c2ccccc2)c2ccccc2)CC1. The molecule has 1 aliphatic heterocycles. The van der Waals surface area contributed by atoms with Gasteiger partial charge in [-0.05, 0) is 31.9 Å². The van der Waals surface area contributed by atoms with Gasteiger partial charge in [0.15, 0.2) is 5.69 Å².